The van der Waals surface area contributed by atoms with Crippen molar-refractivity contribution in [1.82, 2.24) is 4.90 Å². The van der Waals surface area contributed by atoms with Gasteiger partial charge in [0, 0.05) is 12.8 Å². The molecule has 1 atom stereocenters. The lowest BCUT2D eigenvalue weighted by molar-refractivity contribution is 0.0524. The topological polar surface area (TPSA) is 46.6 Å². The number of thioether (sulfide) groups is 1. The Morgan fingerprint density at radius 3 is 2.79 bits per heavy atom. The highest BCUT2D eigenvalue weighted by Gasteiger charge is 2.26. The molecule has 1 aromatic carbocycles. The molecular weight excluding hydrogens is 322 g/mol. The number of likely N-dealkylation sites (N-methyl/N-ethyl adjacent to an activating group) is 1. The van der Waals surface area contributed by atoms with Crippen LogP contribution in [0.25, 0.3) is 0 Å². The summed E-state index contributed by atoms with van der Waals surface area (Å²) in [6.45, 7) is 6.33. The van der Waals surface area contributed by atoms with E-state index in [1.54, 1.807) is 4.90 Å². The molecule has 0 spiro atoms. The molecule has 0 bridgehead atoms. The van der Waals surface area contributed by atoms with E-state index >= 15 is 0 Å². The standard InChI is InChI=1S/C19H25NO3S/c1-5-23-18(21)17-11-14(9-10-16(17)13(2)3)7-6-8-15-12-24-19(22)20(15)4/h6,8-11,13,15H,5,7,12H2,1-4H3/b8-6+. The first-order chi connectivity index (χ1) is 11.4. The Hall–Kier alpha value is -1.75. The van der Waals surface area contributed by atoms with Crippen LogP contribution in [0.1, 0.15) is 48.2 Å². The molecular formula is C19H25NO3S. The maximum absolute atomic E-state index is 12.2. The number of ether oxygens (including phenoxy) is 1. The zero-order valence-corrected chi connectivity index (χ0v) is 15.6. The van der Waals surface area contributed by atoms with Gasteiger partial charge in [0.05, 0.1) is 18.2 Å². The minimum absolute atomic E-state index is 0.121. The summed E-state index contributed by atoms with van der Waals surface area (Å²) in [7, 11) is 1.83. The highest BCUT2D eigenvalue weighted by atomic mass is 32.2. The summed E-state index contributed by atoms with van der Waals surface area (Å²) in [6, 6.07) is 6.15. The number of hydrogen-bond donors (Lipinski definition) is 0. The zero-order chi connectivity index (χ0) is 17.7. The van der Waals surface area contributed by atoms with Gasteiger partial charge in [-0.15, -0.1) is 0 Å². The predicted octanol–water partition coefficient (Wildman–Crippen LogP) is 4.25. The van der Waals surface area contributed by atoms with E-state index in [0.29, 0.717) is 12.2 Å². The fraction of sp³-hybridized carbons (Fsp3) is 0.474. The molecule has 0 N–H and O–H groups in total. The van der Waals surface area contributed by atoms with Crippen molar-refractivity contribution in [3.8, 4) is 0 Å². The number of benzene rings is 1. The quantitative estimate of drug-likeness (QED) is 0.570. The molecule has 24 heavy (non-hydrogen) atoms. The van der Waals surface area contributed by atoms with Crippen molar-refractivity contribution in [3.63, 3.8) is 0 Å². The number of rotatable bonds is 6. The van der Waals surface area contributed by atoms with Gasteiger partial charge >= 0.3 is 5.97 Å². The third kappa shape index (κ3) is 4.41. The second-order valence-corrected chi connectivity index (χ2v) is 7.16. The normalized spacial score (nSPS) is 18.0. The number of amides is 1. The van der Waals surface area contributed by atoms with Gasteiger partial charge in [-0.05, 0) is 36.5 Å². The highest BCUT2D eigenvalue weighted by molar-refractivity contribution is 8.13. The lowest BCUT2D eigenvalue weighted by atomic mass is 9.94. The molecule has 130 valence electrons. The second kappa shape index (κ2) is 8.38. The molecule has 2 rings (SSSR count). The Kier molecular flexibility index (Phi) is 6.49. The van der Waals surface area contributed by atoms with E-state index in [1.807, 2.05) is 26.1 Å². The summed E-state index contributed by atoms with van der Waals surface area (Å²) >= 11 is 1.35. The van der Waals surface area contributed by atoms with Crippen molar-refractivity contribution in [1.29, 1.82) is 0 Å². The summed E-state index contributed by atoms with van der Waals surface area (Å²) < 4.78 is 5.18. The summed E-state index contributed by atoms with van der Waals surface area (Å²) in [5.74, 6) is 0.806. The Morgan fingerprint density at radius 1 is 1.46 bits per heavy atom. The largest absolute Gasteiger partial charge is 0.462 e. The van der Waals surface area contributed by atoms with Crippen molar-refractivity contribution in [2.45, 2.75) is 39.2 Å². The number of carbonyl (C=O) groups is 2. The summed E-state index contributed by atoms with van der Waals surface area (Å²) in [4.78, 5) is 25.5. The summed E-state index contributed by atoms with van der Waals surface area (Å²) in [6.07, 6.45) is 4.87. The number of allylic oxidation sites excluding steroid dienone is 1. The molecule has 0 aromatic heterocycles. The van der Waals surface area contributed by atoms with Crippen molar-refractivity contribution in [2.75, 3.05) is 19.4 Å². The van der Waals surface area contributed by atoms with Crippen LogP contribution in [0.5, 0.6) is 0 Å². The van der Waals surface area contributed by atoms with E-state index in [-0.39, 0.29) is 23.2 Å². The van der Waals surface area contributed by atoms with Gasteiger partial charge in [0.2, 0.25) is 0 Å². The molecule has 0 aliphatic carbocycles. The zero-order valence-electron chi connectivity index (χ0n) is 14.7. The molecule has 1 aliphatic rings. The maximum Gasteiger partial charge on any atom is 0.338 e. The first-order valence-electron chi connectivity index (χ1n) is 8.30. The summed E-state index contributed by atoms with van der Waals surface area (Å²) in [5, 5.41) is 0.121. The number of hydrogen-bond acceptors (Lipinski definition) is 4. The average molecular weight is 347 g/mol. The van der Waals surface area contributed by atoms with Gasteiger partial charge in [0.15, 0.2) is 0 Å². The maximum atomic E-state index is 12.2. The molecule has 1 amide bonds. The molecule has 1 saturated heterocycles. The molecule has 4 nitrogen and oxygen atoms in total. The van der Waals surface area contributed by atoms with Crippen LogP contribution in [0.3, 0.4) is 0 Å². The van der Waals surface area contributed by atoms with Crippen LogP contribution >= 0.6 is 11.8 Å². The van der Waals surface area contributed by atoms with Gasteiger partial charge in [0.25, 0.3) is 5.24 Å². The van der Waals surface area contributed by atoms with Crippen LogP contribution in [-0.4, -0.2) is 41.6 Å². The van der Waals surface area contributed by atoms with Gasteiger partial charge in [-0.3, -0.25) is 4.79 Å². The third-order valence-corrected chi connectivity index (χ3v) is 5.15. The Morgan fingerprint density at radius 2 is 2.21 bits per heavy atom. The lowest BCUT2D eigenvalue weighted by Gasteiger charge is -2.15. The van der Waals surface area contributed by atoms with E-state index in [2.05, 4.69) is 32.1 Å². The predicted molar refractivity (Wildman–Crippen MR) is 98.7 cm³/mol. The first kappa shape index (κ1) is 18.6. The Balaban J connectivity index is 2.12. The van der Waals surface area contributed by atoms with Gasteiger partial charge < -0.3 is 9.64 Å². The lowest BCUT2D eigenvalue weighted by Crippen LogP contribution is -2.27. The van der Waals surface area contributed by atoms with E-state index in [4.69, 9.17) is 4.74 Å². The van der Waals surface area contributed by atoms with Crippen molar-refractivity contribution < 1.29 is 14.3 Å². The molecule has 1 heterocycles. The minimum atomic E-state index is -0.260. The molecule has 0 radical (unpaired) electrons. The van der Waals surface area contributed by atoms with E-state index in [1.165, 1.54) is 11.8 Å². The van der Waals surface area contributed by atoms with Gasteiger partial charge in [-0.25, -0.2) is 4.79 Å². The SMILES string of the molecule is CCOC(=O)c1cc(C/C=C/C2CSC(=O)N2C)ccc1C(C)C. The monoisotopic (exact) mass is 347 g/mol. The molecule has 0 saturated carbocycles. The third-order valence-electron chi connectivity index (χ3n) is 4.11. The molecule has 1 aromatic rings. The fourth-order valence-electron chi connectivity index (χ4n) is 2.67. The molecule has 5 heteroatoms. The van der Waals surface area contributed by atoms with E-state index in [0.717, 1.165) is 23.3 Å². The fourth-order valence-corrected chi connectivity index (χ4v) is 3.66. The second-order valence-electron chi connectivity index (χ2n) is 6.18. The van der Waals surface area contributed by atoms with Crippen LogP contribution in [0, 0.1) is 0 Å². The van der Waals surface area contributed by atoms with Crippen LogP contribution in [0.15, 0.2) is 30.4 Å². The van der Waals surface area contributed by atoms with Crippen LogP contribution in [0.2, 0.25) is 0 Å². The van der Waals surface area contributed by atoms with E-state index in [9.17, 15) is 9.59 Å². The van der Waals surface area contributed by atoms with Gasteiger partial charge in [0.1, 0.15) is 0 Å². The number of carbonyl (C=O) groups excluding carboxylic acids is 2. The van der Waals surface area contributed by atoms with Crippen molar-refractivity contribution in [2.24, 2.45) is 0 Å². The molecule has 1 fully saturated rings. The highest BCUT2D eigenvalue weighted by Crippen LogP contribution is 2.24. The molecule has 1 unspecified atom stereocenters. The van der Waals surface area contributed by atoms with Crippen LogP contribution < -0.4 is 0 Å². The van der Waals surface area contributed by atoms with E-state index < -0.39 is 0 Å². The number of nitrogens with zero attached hydrogens (tertiary/aromatic N) is 1. The Bertz CT molecular complexity index is 639. The Labute approximate surface area is 148 Å². The average Bonchev–Trinajstić information content (AvgIpc) is 2.87. The number of esters is 1. The van der Waals surface area contributed by atoms with Gasteiger partial charge in [-0.2, -0.15) is 0 Å². The minimum Gasteiger partial charge on any atom is -0.462 e. The summed E-state index contributed by atoms with van der Waals surface area (Å²) in [5.41, 5.74) is 2.73. The van der Waals surface area contributed by atoms with Crippen molar-refractivity contribution >= 4 is 23.0 Å². The van der Waals surface area contributed by atoms with Crippen molar-refractivity contribution in [3.05, 3.63) is 47.0 Å². The smallest absolute Gasteiger partial charge is 0.338 e. The first-order valence-corrected chi connectivity index (χ1v) is 9.28. The molecule has 1 aliphatic heterocycles. The van der Waals surface area contributed by atoms with Crippen LogP contribution in [0.4, 0.5) is 4.79 Å². The van der Waals surface area contributed by atoms with Gasteiger partial charge in [-0.1, -0.05) is 49.9 Å². The van der Waals surface area contributed by atoms with Crippen LogP contribution in [-0.2, 0) is 11.2 Å².